The van der Waals surface area contributed by atoms with Crippen LogP contribution in [-0.2, 0) is 9.53 Å². The predicted octanol–water partition coefficient (Wildman–Crippen LogP) is 3.02. The highest BCUT2D eigenvalue weighted by atomic mass is 79.9. The number of halogens is 1. The number of rotatable bonds is 3. The van der Waals surface area contributed by atoms with Crippen molar-refractivity contribution in [2.45, 2.75) is 26.4 Å². The Hall–Kier alpha value is -1.20. The van der Waals surface area contributed by atoms with Crippen LogP contribution >= 0.6 is 15.9 Å². The summed E-state index contributed by atoms with van der Waals surface area (Å²) in [4.78, 5) is 23.8. The van der Waals surface area contributed by atoms with Gasteiger partial charge in [0.15, 0.2) is 5.78 Å². The second-order valence-corrected chi connectivity index (χ2v) is 5.62. The van der Waals surface area contributed by atoms with Crippen molar-refractivity contribution >= 4 is 33.3 Å². The average Bonchev–Trinajstić information content (AvgIpc) is 2.77. The molecule has 102 valence electrons. The summed E-state index contributed by atoms with van der Waals surface area (Å²) in [5, 5.41) is 2.83. The Morgan fingerprint density at radius 2 is 2.16 bits per heavy atom. The number of carbonyl (C=O) groups is 2. The molecule has 1 saturated heterocycles. The van der Waals surface area contributed by atoms with E-state index in [2.05, 4.69) is 21.2 Å². The zero-order valence-electron chi connectivity index (χ0n) is 10.9. The van der Waals surface area contributed by atoms with Crippen molar-refractivity contribution in [3.63, 3.8) is 0 Å². The Bertz CT molecular complexity index is 515. The van der Waals surface area contributed by atoms with E-state index in [9.17, 15) is 9.59 Å². The summed E-state index contributed by atoms with van der Waals surface area (Å²) in [5.41, 5.74) is 1.06. The zero-order valence-corrected chi connectivity index (χ0v) is 12.5. The zero-order chi connectivity index (χ0) is 14.0. The summed E-state index contributed by atoms with van der Waals surface area (Å²) in [7, 11) is 0. The van der Waals surface area contributed by atoms with Crippen LogP contribution in [0, 0.1) is 5.92 Å². The Balaban J connectivity index is 2.19. The van der Waals surface area contributed by atoms with Gasteiger partial charge in [-0.3, -0.25) is 9.59 Å². The molecule has 0 aliphatic carbocycles. The summed E-state index contributed by atoms with van der Waals surface area (Å²) < 4.78 is 6.20. The number of carbonyl (C=O) groups excluding carboxylic acids is 2. The summed E-state index contributed by atoms with van der Waals surface area (Å²) in [6, 6.07) is 5.25. The van der Waals surface area contributed by atoms with Crippen molar-refractivity contribution in [3.05, 3.63) is 28.2 Å². The molecule has 1 N–H and O–H groups in total. The third-order valence-corrected chi connectivity index (χ3v) is 3.83. The number of benzene rings is 1. The standard InChI is InChI=1S/C14H16BrNO3/c1-8(17)12-7-10(15)3-4-13(12)16-14(18)11-5-6-19-9(11)2/h3-4,7,9,11H,5-6H2,1-2H3,(H,16,18). The second kappa shape index (κ2) is 5.84. The van der Waals surface area contributed by atoms with Crippen LogP contribution in [0.3, 0.4) is 0 Å². The van der Waals surface area contributed by atoms with E-state index in [1.807, 2.05) is 6.92 Å². The van der Waals surface area contributed by atoms with Gasteiger partial charge in [0.25, 0.3) is 0 Å². The number of hydrogen-bond donors (Lipinski definition) is 1. The van der Waals surface area contributed by atoms with Crippen molar-refractivity contribution in [2.75, 3.05) is 11.9 Å². The normalized spacial score (nSPS) is 22.3. The largest absolute Gasteiger partial charge is 0.378 e. The SMILES string of the molecule is CC(=O)c1cc(Br)ccc1NC(=O)C1CCOC1C. The lowest BCUT2D eigenvalue weighted by Gasteiger charge is -2.15. The molecule has 0 radical (unpaired) electrons. The lowest BCUT2D eigenvalue weighted by molar-refractivity contribution is -0.121. The summed E-state index contributed by atoms with van der Waals surface area (Å²) in [5.74, 6) is -0.314. The number of ether oxygens (including phenoxy) is 1. The molecular weight excluding hydrogens is 310 g/mol. The summed E-state index contributed by atoms with van der Waals surface area (Å²) in [6.07, 6.45) is 0.648. The number of anilines is 1. The van der Waals surface area contributed by atoms with Crippen LogP contribution in [0.25, 0.3) is 0 Å². The van der Waals surface area contributed by atoms with Crippen LogP contribution in [0.1, 0.15) is 30.6 Å². The molecule has 2 unspecified atom stereocenters. The minimum atomic E-state index is -0.150. The number of hydrogen-bond acceptors (Lipinski definition) is 3. The molecular formula is C14H16BrNO3. The molecule has 0 spiro atoms. The lowest BCUT2D eigenvalue weighted by Crippen LogP contribution is -2.28. The third kappa shape index (κ3) is 3.22. The maximum Gasteiger partial charge on any atom is 0.230 e. The molecule has 1 aromatic rings. The van der Waals surface area contributed by atoms with E-state index >= 15 is 0 Å². The van der Waals surface area contributed by atoms with E-state index < -0.39 is 0 Å². The molecule has 2 atom stereocenters. The van der Waals surface area contributed by atoms with Gasteiger partial charge in [-0.1, -0.05) is 15.9 Å². The van der Waals surface area contributed by atoms with Crippen LogP contribution < -0.4 is 5.32 Å². The van der Waals surface area contributed by atoms with Gasteiger partial charge in [0.1, 0.15) is 0 Å². The highest BCUT2D eigenvalue weighted by Crippen LogP contribution is 2.25. The molecule has 0 saturated carbocycles. The maximum atomic E-state index is 12.2. The van der Waals surface area contributed by atoms with Crippen LogP contribution in [0.4, 0.5) is 5.69 Å². The Morgan fingerprint density at radius 1 is 1.42 bits per heavy atom. The fourth-order valence-electron chi connectivity index (χ4n) is 2.22. The van der Waals surface area contributed by atoms with Gasteiger partial charge in [0.05, 0.1) is 17.7 Å². The minimum Gasteiger partial charge on any atom is -0.378 e. The number of amides is 1. The van der Waals surface area contributed by atoms with E-state index in [1.54, 1.807) is 18.2 Å². The first kappa shape index (κ1) is 14.2. The fraction of sp³-hybridized carbons (Fsp3) is 0.429. The molecule has 5 heteroatoms. The first-order valence-corrected chi connectivity index (χ1v) is 7.01. The van der Waals surface area contributed by atoms with Gasteiger partial charge in [-0.05, 0) is 38.5 Å². The van der Waals surface area contributed by atoms with Gasteiger partial charge in [-0.2, -0.15) is 0 Å². The fourth-order valence-corrected chi connectivity index (χ4v) is 2.58. The Morgan fingerprint density at radius 3 is 2.74 bits per heavy atom. The number of Topliss-reactive ketones (excluding diaryl/α,β-unsaturated/α-hetero) is 1. The van der Waals surface area contributed by atoms with Gasteiger partial charge in [0, 0.05) is 16.6 Å². The van der Waals surface area contributed by atoms with Gasteiger partial charge in [0.2, 0.25) is 5.91 Å². The highest BCUT2D eigenvalue weighted by Gasteiger charge is 2.31. The van der Waals surface area contributed by atoms with Crippen LogP contribution in [0.2, 0.25) is 0 Å². The molecule has 4 nitrogen and oxygen atoms in total. The van der Waals surface area contributed by atoms with Crippen molar-refractivity contribution in [1.29, 1.82) is 0 Å². The predicted molar refractivity (Wildman–Crippen MR) is 76.3 cm³/mol. The molecule has 2 rings (SSSR count). The quantitative estimate of drug-likeness (QED) is 0.869. The molecule has 19 heavy (non-hydrogen) atoms. The van der Waals surface area contributed by atoms with E-state index in [4.69, 9.17) is 4.74 Å². The lowest BCUT2D eigenvalue weighted by atomic mass is 10.0. The smallest absolute Gasteiger partial charge is 0.230 e. The Kier molecular flexibility index (Phi) is 4.37. The molecule has 1 aromatic carbocycles. The molecule has 1 heterocycles. The van der Waals surface area contributed by atoms with Gasteiger partial charge in [-0.15, -0.1) is 0 Å². The molecule has 1 aliphatic heterocycles. The molecule has 1 aliphatic rings. The molecule has 1 fully saturated rings. The van der Waals surface area contributed by atoms with Gasteiger partial charge >= 0.3 is 0 Å². The van der Waals surface area contributed by atoms with Crippen molar-refractivity contribution < 1.29 is 14.3 Å². The second-order valence-electron chi connectivity index (χ2n) is 4.71. The minimum absolute atomic E-state index is 0.0729. The number of ketones is 1. The van der Waals surface area contributed by atoms with Crippen molar-refractivity contribution in [3.8, 4) is 0 Å². The summed E-state index contributed by atoms with van der Waals surface area (Å²) in [6.45, 7) is 3.99. The molecule has 1 amide bonds. The van der Waals surface area contributed by atoms with E-state index in [-0.39, 0.29) is 23.7 Å². The third-order valence-electron chi connectivity index (χ3n) is 3.33. The molecule has 0 bridgehead atoms. The first-order chi connectivity index (χ1) is 8.99. The van der Waals surface area contributed by atoms with Gasteiger partial charge in [-0.25, -0.2) is 0 Å². The van der Waals surface area contributed by atoms with Crippen LogP contribution in [0.15, 0.2) is 22.7 Å². The highest BCUT2D eigenvalue weighted by molar-refractivity contribution is 9.10. The van der Waals surface area contributed by atoms with E-state index in [0.717, 1.165) is 10.9 Å². The molecule has 0 aromatic heterocycles. The maximum absolute atomic E-state index is 12.2. The topological polar surface area (TPSA) is 55.4 Å². The summed E-state index contributed by atoms with van der Waals surface area (Å²) >= 11 is 3.32. The average molecular weight is 326 g/mol. The van der Waals surface area contributed by atoms with Gasteiger partial charge < -0.3 is 10.1 Å². The van der Waals surface area contributed by atoms with E-state index in [1.165, 1.54) is 6.92 Å². The van der Waals surface area contributed by atoms with Crippen LogP contribution in [0.5, 0.6) is 0 Å². The number of nitrogens with one attached hydrogen (secondary N) is 1. The monoisotopic (exact) mass is 325 g/mol. The van der Waals surface area contributed by atoms with E-state index in [0.29, 0.717) is 17.9 Å². The van der Waals surface area contributed by atoms with Crippen molar-refractivity contribution in [1.82, 2.24) is 0 Å². The Labute approximate surface area is 120 Å². The first-order valence-electron chi connectivity index (χ1n) is 6.22. The van der Waals surface area contributed by atoms with Crippen molar-refractivity contribution in [2.24, 2.45) is 5.92 Å². The van der Waals surface area contributed by atoms with Crippen LogP contribution in [-0.4, -0.2) is 24.4 Å².